The Labute approximate surface area is 113 Å². The van der Waals surface area contributed by atoms with Crippen LogP contribution < -0.4 is 4.74 Å². The Balaban J connectivity index is 2.83. The number of aryl methyl sites for hydroxylation is 1. The van der Waals surface area contributed by atoms with Gasteiger partial charge in [0.15, 0.2) is 5.75 Å². The van der Waals surface area contributed by atoms with Gasteiger partial charge in [-0.1, -0.05) is 19.9 Å². The van der Waals surface area contributed by atoms with E-state index in [2.05, 4.69) is 26.5 Å². The van der Waals surface area contributed by atoms with E-state index in [1.54, 1.807) is 12.1 Å². The van der Waals surface area contributed by atoms with E-state index in [1.165, 1.54) is 6.07 Å². The van der Waals surface area contributed by atoms with Crippen LogP contribution in [0.3, 0.4) is 0 Å². The highest BCUT2D eigenvalue weighted by Crippen LogP contribution is 2.28. The van der Waals surface area contributed by atoms with Crippen molar-refractivity contribution in [3.8, 4) is 5.75 Å². The summed E-state index contributed by atoms with van der Waals surface area (Å²) in [5.74, 6) is 1.77. The number of benzene rings is 1. The van der Waals surface area contributed by atoms with Gasteiger partial charge in [-0.3, -0.25) is 10.1 Å². The van der Waals surface area contributed by atoms with Gasteiger partial charge in [0, 0.05) is 12.0 Å². The first-order valence-corrected chi connectivity index (χ1v) is 6.57. The van der Waals surface area contributed by atoms with Crippen molar-refractivity contribution < 1.29 is 9.66 Å². The van der Waals surface area contributed by atoms with Crippen LogP contribution in [0.4, 0.5) is 5.69 Å². The van der Waals surface area contributed by atoms with Gasteiger partial charge in [-0.2, -0.15) is 12.6 Å². The summed E-state index contributed by atoms with van der Waals surface area (Å²) in [5.41, 5.74) is 0.963. The third-order valence-electron chi connectivity index (χ3n) is 2.94. The lowest BCUT2D eigenvalue weighted by Crippen LogP contribution is -2.19. The molecule has 0 fully saturated rings. The number of hydrogen-bond acceptors (Lipinski definition) is 4. The predicted molar refractivity (Wildman–Crippen MR) is 75.5 cm³/mol. The molecule has 0 saturated carbocycles. The highest BCUT2D eigenvalue weighted by Gasteiger charge is 2.18. The molecule has 0 amide bonds. The normalized spacial score (nSPS) is 12.5. The molecular formula is C13H19NO3S. The topological polar surface area (TPSA) is 52.4 Å². The van der Waals surface area contributed by atoms with E-state index in [-0.39, 0.29) is 11.6 Å². The van der Waals surface area contributed by atoms with Gasteiger partial charge in [0.1, 0.15) is 0 Å². The zero-order valence-corrected chi connectivity index (χ0v) is 11.8. The molecule has 0 bridgehead atoms. The Morgan fingerprint density at radius 1 is 1.44 bits per heavy atom. The molecule has 1 aromatic carbocycles. The van der Waals surface area contributed by atoms with E-state index in [0.29, 0.717) is 24.0 Å². The Hall–Kier alpha value is -1.23. The largest absolute Gasteiger partial charge is 0.486 e. The molecule has 1 atom stereocenters. The number of rotatable bonds is 6. The minimum Gasteiger partial charge on any atom is -0.486 e. The van der Waals surface area contributed by atoms with Crippen molar-refractivity contribution in [1.29, 1.82) is 0 Å². The SMILES string of the molecule is Cc1ccc([N+](=O)[O-])c(OCC(CS)C(C)C)c1. The van der Waals surface area contributed by atoms with E-state index < -0.39 is 4.92 Å². The van der Waals surface area contributed by atoms with E-state index in [4.69, 9.17) is 4.74 Å². The lowest BCUT2D eigenvalue weighted by atomic mass is 9.99. The zero-order valence-electron chi connectivity index (χ0n) is 10.9. The fourth-order valence-electron chi connectivity index (χ4n) is 1.54. The van der Waals surface area contributed by atoms with Gasteiger partial charge in [-0.25, -0.2) is 0 Å². The van der Waals surface area contributed by atoms with Crippen LogP contribution in [0.1, 0.15) is 19.4 Å². The van der Waals surface area contributed by atoms with Gasteiger partial charge in [0.2, 0.25) is 0 Å². The number of hydrogen-bond donors (Lipinski definition) is 1. The summed E-state index contributed by atoms with van der Waals surface area (Å²) < 4.78 is 5.60. The maximum absolute atomic E-state index is 10.9. The van der Waals surface area contributed by atoms with E-state index in [9.17, 15) is 10.1 Å². The molecule has 0 aliphatic carbocycles. The van der Waals surface area contributed by atoms with Crippen LogP contribution in [0.2, 0.25) is 0 Å². The van der Waals surface area contributed by atoms with E-state index in [0.717, 1.165) is 5.56 Å². The lowest BCUT2D eigenvalue weighted by Gasteiger charge is -2.19. The molecule has 4 nitrogen and oxygen atoms in total. The summed E-state index contributed by atoms with van der Waals surface area (Å²) in [7, 11) is 0. The van der Waals surface area contributed by atoms with Crippen LogP contribution >= 0.6 is 12.6 Å². The molecule has 1 rings (SSSR count). The van der Waals surface area contributed by atoms with Crippen molar-refractivity contribution in [1.82, 2.24) is 0 Å². The monoisotopic (exact) mass is 269 g/mol. The Kier molecular flexibility index (Phi) is 5.47. The Morgan fingerprint density at radius 3 is 2.61 bits per heavy atom. The molecule has 0 N–H and O–H groups in total. The third-order valence-corrected chi connectivity index (χ3v) is 3.41. The maximum atomic E-state index is 10.9. The molecule has 0 spiro atoms. The first kappa shape index (κ1) is 14.8. The average molecular weight is 269 g/mol. The summed E-state index contributed by atoms with van der Waals surface area (Å²) in [5, 5.41) is 10.9. The maximum Gasteiger partial charge on any atom is 0.310 e. The van der Waals surface area contributed by atoms with Crippen LogP contribution in [-0.2, 0) is 0 Å². The quantitative estimate of drug-likeness (QED) is 0.488. The molecule has 1 unspecified atom stereocenters. The number of nitro groups is 1. The molecule has 18 heavy (non-hydrogen) atoms. The van der Waals surface area contributed by atoms with Crippen molar-refractivity contribution in [3.63, 3.8) is 0 Å². The van der Waals surface area contributed by atoms with Crippen molar-refractivity contribution in [2.75, 3.05) is 12.4 Å². The summed E-state index contributed by atoms with van der Waals surface area (Å²) >= 11 is 4.27. The highest BCUT2D eigenvalue weighted by molar-refractivity contribution is 7.80. The van der Waals surface area contributed by atoms with Gasteiger partial charge in [-0.05, 0) is 30.2 Å². The Morgan fingerprint density at radius 2 is 2.11 bits per heavy atom. The summed E-state index contributed by atoms with van der Waals surface area (Å²) in [4.78, 5) is 10.5. The highest BCUT2D eigenvalue weighted by atomic mass is 32.1. The van der Waals surface area contributed by atoms with E-state index >= 15 is 0 Å². The van der Waals surface area contributed by atoms with Crippen LogP contribution in [0.15, 0.2) is 18.2 Å². The van der Waals surface area contributed by atoms with Crippen LogP contribution in [-0.4, -0.2) is 17.3 Å². The molecule has 0 heterocycles. The minimum atomic E-state index is -0.417. The molecule has 0 aromatic heterocycles. The summed E-state index contributed by atoms with van der Waals surface area (Å²) in [6.07, 6.45) is 0. The van der Waals surface area contributed by atoms with Crippen molar-refractivity contribution in [2.45, 2.75) is 20.8 Å². The number of thiol groups is 1. The lowest BCUT2D eigenvalue weighted by molar-refractivity contribution is -0.385. The second-order valence-corrected chi connectivity index (χ2v) is 5.09. The second kappa shape index (κ2) is 6.64. The van der Waals surface area contributed by atoms with Gasteiger partial charge >= 0.3 is 5.69 Å². The van der Waals surface area contributed by atoms with Crippen molar-refractivity contribution in [3.05, 3.63) is 33.9 Å². The second-order valence-electron chi connectivity index (χ2n) is 4.73. The first-order chi connectivity index (χ1) is 8.45. The average Bonchev–Trinajstić information content (AvgIpc) is 2.29. The fraction of sp³-hybridized carbons (Fsp3) is 0.538. The molecule has 0 radical (unpaired) electrons. The summed E-state index contributed by atoms with van der Waals surface area (Å²) in [6.45, 7) is 6.52. The molecule has 100 valence electrons. The minimum absolute atomic E-state index is 0.0160. The standard InChI is InChI=1S/C13H19NO3S/c1-9(2)11(8-18)7-17-13-6-10(3)4-5-12(13)14(15)16/h4-6,9,11,18H,7-8H2,1-3H3. The number of nitro benzene ring substituents is 1. The molecule has 0 saturated heterocycles. The van der Waals surface area contributed by atoms with Gasteiger partial charge < -0.3 is 4.74 Å². The van der Waals surface area contributed by atoms with Gasteiger partial charge in [0.25, 0.3) is 0 Å². The smallest absolute Gasteiger partial charge is 0.310 e. The van der Waals surface area contributed by atoms with Crippen LogP contribution in [0, 0.1) is 28.9 Å². The van der Waals surface area contributed by atoms with Crippen LogP contribution in [0.25, 0.3) is 0 Å². The molecule has 1 aromatic rings. The van der Waals surface area contributed by atoms with Gasteiger partial charge in [-0.15, -0.1) is 0 Å². The predicted octanol–water partition coefficient (Wildman–Crippen LogP) is 3.48. The summed E-state index contributed by atoms with van der Waals surface area (Å²) in [6, 6.07) is 4.90. The molecule has 5 heteroatoms. The third kappa shape index (κ3) is 3.91. The fourth-order valence-corrected chi connectivity index (χ4v) is 2.07. The van der Waals surface area contributed by atoms with Crippen molar-refractivity contribution >= 4 is 18.3 Å². The molecular weight excluding hydrogens is 250 g/mol. The van der Waals surface area contributed by atoms with Crippen molar-refractivity contribution in [2.24, 2.45) is 11.8 Å². The first-order valence-electron chi connectivity index (χ1n) is 5.94. The van der Waals surface area contributed by atoms with E-state index in [1.807, 2.05) is 6.92 Å². The Bertz CT molecular complexity index is 421. The van der Waals surface area contributed by atoms with Gasteiger partial charge in [0.05, 0.1) is 11.5 Å². The molecule has 0 aliphatic heterocycles. The van der Waals surface area contributed by atoms with Crippen LogP contribution in [0.5, 0.6) is 5.75 Å². The zero-order chi connectivity index (χ0) is 13.7. The number of ether oxygens (including phenoxy) is 1. The molecule has 0 aliphatic rings. The number of nitrogens with zero attached hydrogens (tertiary/aromatic N) is 1.